The van der Waals surface area contributed by atoms with Crippen LogP contribution in [-0.2, 0) is 20.8 Å². The summed E-state index contributed by atoms with van der Waals surface area (Å²) >= 11 is 0. The fraction of sp³-hybridized carbons (Fsp3) is 0.370. The fourth-order valence-electron chi connectivity index (χ4n) is 6.29. The van der Waals surface area contributed by atoms with Crippen LogP contribution in [0.25, 0.3) is 0 Å². The van der Waals surface area contributed by atoms with Crippen molar-refractivity contribution in [3.8, 4) is 0 Å². The van der Waals surface area contributed by atoms with Crippen molar-refractivity contribution < 1.29 is 14.4 Å². The lowest BCUT2D eigenvalue weighted by molar-refractivity contribution is -0.146. The zero-order valence-electron chi connectivity index (χ0n) is 18.0. The number of amides is 3. The lowest BCUT2D eigenvalue weighted by atomic mass is 9.63. The molecule has 1 saturated heterocycles. The van der Waals surface area contributed by atoms with E-state index in [4.69, 9.17) is 0 Å². The monoisotopic (exact) mass is 426 g/mol. The van der Waals surface area contributed by atoms with Crippen LogP contribution in [0.2, 0.25) is 0 Å². The average molecular weight is 427 g/mol. The number of allylic oxidation sites excluding steroid dienone is 2. The molecule has 1 heterocycles. The van der Waals surface area contributed by atoms with Crippen molar-refractivity contribution in [2.24, 2.45) is 35.5 Å². The SMILES string of the molecule is Cc1ccc(NC(=O)[C@H](Cc2ccccc2)N2C(=O)[C@@H]3[C@H]4C=C[C@@H]([C@@H]5C[C@H]45)[C@H]3C2=O)cc1. The second-order valence-electron chi connectivity index (χ2n) is 9.76. The third-order valence-corrected chi connectivity index (χ3v) is 7.90. The molecule has 3 fully saturated rings. The number of anilines is 1. The van der Waals surface area contributed by atoms with Gasteiger partial charge in [-0.05, 0) is 54.7 Å². The highest BCUT2D eigenvalue weighted by atomic mass is 16.2. The number of likely N-dealkylation sites (tertiary alicyclic amines) is 1. The second kappa shape index (κ2) is 7.16. The average Bonchev–Trinajstić information content (AvgIpc) is 3.58. The van der Waals surface area contributed by atoms with Gasteiger partial charge in [-0.1, -0.05) is 60.2 Å². The van der Waals surface area contributed by atoms with E-state index in [9.17, 15) is 14.4 Å². The molecule has 0 radical (unpaired) electrons. The van der Waals surface area contributed by atoms with Gasteiger partial charge in [0.05, 0.1) is 11.8 Å². The van der Waals surface area contributed by atoms with Crippen LogP contribution in [0.15, 0.2) is 66.7 Å². The van der Waals surface area contributed by atoms with Gasteiger partial charge in [-0.2, -0.15) is 0 Å². The Labute approximate surface area is 187 Å². The summed E-state index contributed by atoms with van der Waals surface area (Å²) in [5.74, 6) is 0.132. The van der Waals surface area contributed by atoms with Gasteiger partial charge in [0.15, 0.2) is 0 Å². The van der Waals surface area contributed by atoms with E-state index in [-0.39, 0.29) is 41.4 Å². The quantitative estimate of drug-likeness (QED) is 0.587. The number of carbonyl (C=O) groups is 3. The van der Waals surface area contributed by atoms with E-state index in [0.717, 1.165) is 17.5 Å². The molecule has 1 aliphatic heterocycles. The minimum atomic E-state index is -0.861. The van der Waals surface area contributed by atoms with E-state index in [1.807, 2.05) is 61.5 Å². The minimum absolute atomic E-state index is 0.147. The number of hydrogen-bond donors (Lipinski definition) is 1. The van der Waals surface area contributed by atoms with Gasteiger partial charge in [-0.3, -0.25) is 19.3 Å². The maximum Gasteiger partial charge on any atom is 0.248 e. The minimum Gasteiger partial charge on any atom is -0.324 e. The van der Waals surface area contributed by atoms with E-state index in [1.54, 1.807) is 0 Å². The maximum atomic E-state index is 13.6. The second-order valence-corrected chi connectivity index (χ2v) is 9.76. The summed E-state index contributed by atoms with van der Waals surface area (Å²) in [5.41, 5.74) is 2.69. The topological polar surface area (TPSA) is 66.5 Å². The molecule has 3 amide bonds. The molecule has 5 nitrogen and oxygen atoms in total. The van der Waals surface area contributed by atoms with Crippen LogP contribution in [0, 0.1) is 42.4 Å². The molecule has 1 N–H and O–H groups in total. The molecule has 7 rings (SSSR count). The maximum absolute atomic E-state index is 13.6. The van der Waals surface area contributed by atoms with E-state index < -0.39 is 6.04 Å². The molecular weight excluding hydrogens is 400 g/mol. The number of imide groups is 1. The predicted molar refractivity (Wildman–Crippen MR) is 120 cm³/mol. The van der Waals surface area contributed by atoms with E-state index in [0.29, 0.717) is 23.9 Å². The van der Waals surface area contributed by atoms with Crippen molar-refractivity contribution in [1.82, 2.24) is 4.90 Å². The number of carbonyl (C=O) groups excluding carboxylic acids is 3. The highest BCUT2D eigenvalue weighted by molar-refractivity contribution is 6.10. The number of benzene rings is 2. The molecule has 7 atom stereocenters. The van der Waals surface area contributed by atoms with Crippen molar-refractivity contribution in [3.05, 3.63) is 77.9 Å². The standard InChI is InChI=1S/C27H26N2O3/c1-15-7-9-17(10-8-15)28-25(30)22(13-16-5-3-2-4-6-16)29-26(31)23-18-11-12-19(21-14-20(18)21)24(23)27(29)32/h2-12,18-24H,13-14H2,1H3,(H,28,30)/t18-,19-,20-,21+,22-,23+,24+/m0/s1. The fourth-order valence-corrected chi connectivity index (χ4v) is 6.29. The number of hydrogen-bond acceptors (Lipinski definition) is 3. The van der Waals surface area contributed by atoms with Crippen LogP contribution in [0.3, 0.4) is 0 Å². The number of aryl methyl sites for hydroxylation is 1. The molecule has 5 heteroatoms. The van der Waals surface area contributed by atoms with Crippen LogP contribution in [0.4, 0.5) is 5.69 Å². The molecule has 0 aromatic heterocycles. The Bertz CT molecular complexity index is 1090. The first-order valence-corrected chi connectivity index (χ1v) is 11.5. The van der Waals surface area contributed by atoms with Crippen molar-refractivity contribution in [2.75, 3.05) is 5.32 Å². The summed E-state index contributed by atoms with van der Waals surface area (Å²) in [6.45, 7) is 1.99. The number of nitrogens with one attached hydrogen (secondary N) is 1. The summed E-state index contributed by atoms with van der Waals surface area (Å²) in [6, 6.07) is 16.3. The zero-order chi connectivity index (χ0) is 22.0. The zero-order valence-corrected chi connectivity index (χ0v) is 18.0. The molecule has 0 spiro atoms. The van der Waals surface area contributed by atoms with Gasteiger partial charge >= 0.3 is 0 Å². The molecule has 0 unspecified atom stereocenters. The van der Waals surface area contributed by atoms with Gasteiger partial charge in [0.1, 0.15) is 6.04 Å². The van der Waals surface area contributed by atoms with Crippen molar-refractivity contribution in [1.29, 1.82) is 0 Å². The highest BCUT2D eigenvalue weighted by Gasteiger charge is 2.67. The van der Waals surface area contributed by atoms with Crippen LogP contribution < -0.4 is 5.32 Å². The Morgan fingerprint density at radius 3 is 2.12 bits per heavy atom. The largest absolute Gasteiger partial charge is 0.324 e. The Hall–Kier alpha value is -3.21. The lowest BCUT2D eigenvalue weighted by Gasteiger charge is -2.37. The summed E-state index contributed by atoms with van der Waals surface area (Å²) < 4.78 is 0. The lowest BCUT2D eigenvalue weighted by Crippen LogP contribution is -2.49. The smallest absolute Gasteiger partial charge is 0.248 e. The number of rotatable bonds is 5. The van der Waals surface area contributed by atoms with Crippen LogP contribution in [-0.4, -0.2) is 28.7 Å². The first-order valence-electron chi connectivity index (χ1n) is 11.5. The third-order valence-electron chi connectivity index (χ3n) is 7.90. The Balaban J connectivity index is 1.33. The molecule has 2 bridgehead atoms. The van der Waals surface area contributed by atoms with Gasteiger partial charge < -0.3 is 5.32 Å². The predicted octanol–water partition coefficient (Wildman–Crippen LogP) is 3.60. The van der Waals surface area contributed by atoms with Crippen molar-refractivity contribution in [3.63, 3.8) is 0 Å². The first kappa shape index (κ1) is 19.5. The molecule has 162 valence electrons. The van der Waals surface area contributed by atoms with Gasteiger partial charge in [0.2, 0.25) is 17.7 Å². The normalized spacial score (nSPS) is 32.5. The Morgan fingerprint density at radius 2 is 1.53 bits per heavy atom. The van der Waals surface area contributed by atoms with E-state index in [2.05, 4.69) is 17.5 Å². The number of nitrogens with zero attached hydrogens (tertiary/aromatic N) is 1. The summed E-state index contributed by atoms with van der Waals surface area (Å²) in [4.78, 5) is 42.0. The van der Waals surface area contributed by atoms with Crippen molar-refractivity contribution in [2.45, 2.75) is 25.8 Å². The van der Waals surface area contributed by atoms with Gasteiger partial charge in [0.25, 0.3) is 0 Å². The first-order chi connectivity index (χ1) is 15.5. The van der Waals surface area contributed by atoms with Gasteiger partial charge in [-0.25, -0.2) is 0 Å². The Kier molecular flexibility index (Phi) is 4.36. The summed E-state index contributed by atoms with van der Waals surface area (Å²) in [6.07, 6.45) is 5.75. The van der Waals surface area contributed by atoms with Crippen molar-refractivity contribution >= 4 is 23.4 Å². The van der Waals surface area contributed by atoms with Crippen LogP contribution in [0.5, 0.6) is 0 Å². The molecule has 2 aromatic rings. The molecule has 2 saturated carbocycles. The van der Waals surface area contributed by atoms with E-state index >= 15 is 0 Å². The van der Waals surface area contributed by atoms with Crippen LogP contribution in [0.1, 0.15) is 17.5 Å². The molecular formula is C27H26N2O3. The molecule has 2 aromatic carbocycles. The third kappa shape index (κ3) is 2.94. The summed E-state index contributed by atoms with van der Waals surface area (Å²) in [5, 5.41) is 2.94. The molecule has 5 aliphatic rings. The van der Waals surface area contributed by atoms with Crippen LogP contribution >= 0.6 is 0 Å². The molecule has 32 heavy (non-hydrogen) atoms. The van der Waals surface area contributed by atoms with E-state index in [1.165, 1.54) is 4.90 Å². The highest BCUT2D eigenvalue weighted by Crippen LogP contribution is 2.65. The van der Waals surface area contributed by atoms with Gasteiger partial charge in [0, 0.05) is 12.1 Å². The molecule has 4 aliphatic carbocycles. The van der Waals surface area contributed by atoms with Gasteiger partial charge in [-0.15, -0.1) is 0 Å². The Morgan fingerprint density at radius 1 is 0.938 bits per heavy atom. The summed E-state index contributed by atoms with van der Waals surface area (Å²) in [7, 11) is 0.